The van der Waals surface area contributed by atoms with Crippen LogP contribution in [-0.2, 0) is 6.42 Å². The van der Waals surface area contributed by atoms with Crippen LogP contribution < -0.4 is 0 Å². The summed E-state index contributed by atoms with van der Waals surface area (Å²) in [5.74, 6) is 1.51. The van der Waals surface area contributed by atoms with E-state index in [1.807, 2.05) is 54.6 Å². The molecule has 1 aromatic carbocycles. The summed E-state index contributed by atoms with van der Waals surface area (Å²) in [6.07, 6.45) is 5.91. The van der Waals surface area contributed by atoms with Crippen LogP contribution in [-0.4, -0.2) is 4.98 Å². The van der Waals surface area contributed by atoms with Gasteiger partial charge in [-0.25, -0.2) is 4.98 Å². The first-order chi connectivity index (χ1) is 9.92. The van der Waals surface area contributed by atoms with E-state index < -0.39 is 0 Å². The molecule has 2 heterocycles. The van der Waals surface area contributed by atoms with Crippen molar-refractivity contribution < 1.29 is 4.42 Å². The van der Waals surface area contributed by atoms with E-state index >= 15 is 0 Å². The number of furan rings is 1. The average molecular weight is 263 g/mol. The molecule has 98 valence electrons. The third-order valence-electron chi connectivity index (χ3n) is 2.82. The molecule has 3 aromatic rings. The van der Waals surface area contributed by atoms with E-state index in [-0.39, 0.29) is 0 Å². The predicted octanol–water partition coefficient (Wildman–Crippen LogP) is 4.67. The van der Waals surface area contributed by atoms with E-state index in [1.54, 1.807) is 12.5 Å². The summed E-state index contributed by atoms with van der Waals surface area (Å²) in [5, 5.41) is 9.16. The second-order valence-corrected chi connectivity index (χ2v) is 4.25. The van der Waals surface area contributed by atoms with Crippen LogP contribution >= 0.6 is 0 Å². The van der Waals surface area contributed by atoms with Gasteiger partial charge in [0.05, 0.1) is 11.8 Å². The molecule has 4 nitrogen and oxygen atoms in total. The molecule has 4 heteroatoms. The van der Waals surface area contributed by atoms with Gasteiger partial charge >= 0.3 is 0 Å². The first-order valence-corrected chi connectivity index (χ1v) is 6.36. The van der Waals surface area contributed by atoms with E-state index in [0.717, 1.165) is 16.7 Å². The minimum atomic E-state index is 0.603. The molecule has 0 N–H and O–H groups in total. The Kier molecular flexibility index (Phi) is 3.64. The minimum absolute atomic E-state index is 0.603. The number of hydrogen-bond acceptors (Lipinski definition) is 4. The molecule has 0 bridgehead atoms. The van der Waals surface area contributed by atoms with Crippen LogP contribution in [0.25, 0.3) is 10.9 Å². The maximum absolute atomic E-state index is 5.21. The van der Waals surface area contributed by atoms with Crippen LogP contribution in [0, 0.1) is 0 Å². The highest BCUT2D eigenvalue weighted by molar-refractivity contribution is 5.79. The predicted molar refractivity (Wildman–Crippen MR) is 77.8 cm³/mol. The first-order valence-electron chi connectivity index (χ1n) is 6.36. The SMILES string of the molecule is C(=CN=Nc1ccc2ccccc2n1)Cc1ccco1. The van der Waals surface area contributed by atoms with Crippen molar-refractivity contribution in [2.24, 2.45) is 10.2 Å². The summed E-state index contributed by atoms with van der Waals surface area (Å²) in [6.45, 7) is 0. The number of fused-ring (bicyclic) bond motifs is 1. The van der Waals surface area contributed by atoms with Gasteiger partial charge in [-0.3, -0.25) is 0 Å². The Hall–Kier alpha value is -2.75. The molecule has 0 saturated heterocycles. The maximum Gasteiger partial charge on any atom is 0.174 e. The van der Waals surface area contributed by atoms with E-state index in [4.69, 9.17) is 4.42 Å². The summed E-state index contributed by atoms with van der Waals surface area (Å²) in [4.78, 5) is 4.41. The van der Waals surface area contributed by atoms with Gasteiger partial charge in [-0.1, -0.05) is 24.3 Å². The van der Waals surface area contributed by atoms with Gasteiger partial charge in [0, 0.05) is 18.0 Å². The number of hydrogen-bond donors (Lipinski definition) is 0. The van der Waals surface area contributed by atoms with Gasteiger partial charge in [0.25, 0.3) is 0 Å². The number of aromatic nitrogens is 1. The van der Waals surface area contributed by atoms with E-state index in [1.165, 1.54) is 0 Å². The van der Waals surface area contributed by atoms with Crippen LogP contribution in [0.15, 0.2) is 81.7 Å². The quantitative estimate of drug-likeness (QED) is 0.642. The number of nitrogens with zero attached hydrogens (tertiary/aromatic N) is 3. The molecule has 0 atom stereocenters. The average Bonchev–Trinajstić information content (AvgIpc) is 3.00. The molecular formula is C16H13N3O. The highest BCUT2D eigenvalue weighted by Crippen LogP contribution is 2.16. The third-order valence-corrected chi connectivity index (χ3v) is 2.82. The highest BCUT2D eigenvalue weighted by atomic mass is 16.3. The summed E-state index contributed by atoms with van der Waals surface area (Å²) in [7, 11) is 0. The monoisotopic (exact) mass is 263 g/mol. The van der Waals surface area contributed by atoms with Crippen molar-refractivity contribution in [3.63, 3.8) is 0 Å². The Morgan fingerprint density at radius 2 is 2.00 bits per heavy atom. The number of rotatable bonds is 4. The van der Waals surface area contributed by atoms with Crippen molar-refractivity contribution >= 4 is 16.7 Å². The second kappa shape index (κ2) is 5.93. The molecule has 2 aromatic heterocycles. The van der Waals surface area contributed by atoms with Crippen LogP contribution in [0.2, 0.25) is 0 Å². The van der Waals surface area contributed by atoms with Crippen molar-refractivity contribution in [3.05, 3.63) is 72.8 Å². The van der Waals surface area contributed by atoms with Crippen LogP contribution in [0.3, 0.4) is 0 Å². The maximum atomic E-state index is 5.21. The first kappa shape index (κ1) is 12.3. The van der Waals surface area contributed by atoms with Gasteiger partial charge in [-0.2, -0.15) is 5.11 Å². The zero-order valence-electron chi connectivity index (χ0n) is 10.8. The standard InChI is InChI=1S/C16H13N3O/c1-2-8-15-13(5-1)9-10-16(18-15)19-17-11-3-6-14-7-4-12-20-14/h1-5,7-12H,6H2. The van der Waals surface area contributed by atoms with Crippen molar-refractivity contribution in [2.75, 3.05) is 0 Å². The lowest BCUT2D eigenvalue weighted by Gasteiger charge is -1.96. The molecular weight excluding hydrogens is 250 g/mol. The summed E-state index contributed by atoms with van der Waals surface area (Å²) in [5.41, 5.74) is 0.920. The Bertz CT molecular complexity index is 745. The van der Waals surface area contributed by atoms with E-state index in [9.17, 15) is 0 Å². The lowest BCUT2D eigenvalue weighted by Crippen LogP contribution is -1.77. The Morgan fingerprint density at radius 3 is 2.90 bits per heavy atom. The van der Waals surface area contributed by atoms with Gasteiger partial charge in [0.2, 0.25) is 0 Å². The fraction of sp³-hybridized carbons (Fsp3) is 0.0625. The smallest absolute Gasteiger partial charge is 0.174 e. The number of pyridine rings is 1. The number of azo groups is 1. The summed E-state index contributed by atoms with van der Waals surface area (Å²) < 4.78 is 5.21. The molecule has 0 radical (unpaired) electrons. The Morgan fingerprint density at radius 1 is 1.05 bits per heavy atom. The number of allylic oxidation sites excluding steroid dienone is 1. The topological polar surface area (TPSA) is 50.8 Å². The third kappa shape index (κ3) is 2.98. The summed E-state index contributed by atoms with van der Waals surface area (Å²) in [6, 6.07) is 15.6. The van der Waals surface area contributed by atoms with Gasteiger partial charge in [0.15, 0.2) is 5.82 Å². The number of benzene rings is 1. The lowest BCUT2D eigenvalue weighted by molar-refractivity contribution is 0.523. The van der Waals surface area contributed by atoms with Crippen molar-refractivity contribution in [1.82, 2.24) is 4.98 Å². The van der Waals surface area contributed by atoms with E-state index in [2.05, 4.69) is 15.2 Å². The molecule has 0 aliphatic rings. The van der Waals surface area contributed by atoms with Crippen molar-refractivity contribution in [2.45, 2.75) is 6.42 Å². The molecule has 0 fully saturated rings. The molecule has 0 unspecified atom stereocenters. The molecule has 0 aliphatic heterocycles. The molecule has 0 aliphatic carbocycles. The molecule has 0 amide bonds. The molecule has 20 heavy (non-hydrogen) atoms. The largest absolute Gasteiger partial charge is 0.469 e. The fourth-order valence-corrected chi connectivity index (χ4v) is 1.85. The van der Waals surface area contributed by atoms with Gasteiger partial charge in [0.1, 0.15) is 5.76 Å². The molecule has 0 saturated carbocycles. The zero-order chi connectivity index (χ0) is 13.6. The van der Waals surface area contributed by atoms with Gasteiger partial charge < -0.3 is 4.42 Å². The van der Waals surface area contributed by atoms with Crippen molar-refractivity contribution in [3.8, 4) is 0 Å². The Labute approximate surface area is 116 Å². The second-order valence-electron chi connectivity index (χ2n) is 4.25. The normalized spacial score (nSPS) is 11.8. The molecule has 0 spiro atoms. The fourth-order valence-electron chi connectivity index (χ4n) is 1.85. The lowest BCUT2D eigenvalue weighted by atomic mass is 10.2. The molecule has 3 rings (SSSR count). The number of para-hydroxylation sites is 1. The van der Waals surface area contributed by atoms with Crippen LogP contribution in [0.5, 0.6) is 0 Å². The highest BCUT2D eigenvalue weighted by Gasteiger charge is 1.95. The van der Waals surface area contributed by atoms with Gasteiger partial charge in [-0.15, -0.1) is 5.11 Å². The zero-order valence-corrected chi connectivity index (χ0v) is 10.8. The van der Waals surface area contributed by atoms with Gasteiger partial charge in [-0.05, 0) is 30.3 Å². The van der Waals surface area contributed by atoms with Crippen LogP contribution in [0.1, 0.15) is 5.76 Å². The van der Waals surface area contributed by atoms with E-state index in [0.29, 0.717) is 12.2 Å². The van der Waals surface area contributed by atoms with Crippen molar-refractivity contribution in [1.29, 1.82) is 0 Å². The minimum Gasteiger partial charge on any atom is -0.469 e. The Balaban J connectivity index is 1.66. The van der Waals surface area contributed by atoms with Crippen LogP contribution in [0.4, 0.5) is 5.82 Å². The summed E-state index contributed by atoms with van der Waals surface area (Å²) >= 11 is 0.